The van der Waals surface area contributed by atoms with E-state index in [1.807, 2.05) is 6.07 Å². The molecule has 1 aromatic carbocycles. The van der Waals surface area contributed by atoms with Gasteiger partial charge in [-0.3, -0.25) is 0 Å². The van der Waals surface area contributed by atoms with E-state index in [0.29, 0.717) is 0 Å². The Balaban J connectivity index is 0.000000845. The van der Waals surface area contributed by atoms with Crippen molar-refractivity contribution in [3.05, 3.63) is 66.1 Å². The number of allylic oxidation sites excluding steroid dienone is 4. The monoisotopic (exact) mass is 194 g/mol. The van der Waals surface area contributed by atoms with Gasteiger partial charge in [-0.2, -0.15) is 0 Å². The van der Waals surface area contributed by atoms with Gasteiger partial charge in [0.05, 0.1) is 0 Å². The molecule has 0 unspecified atom stereocenters. The van der Waals surface area contributed by atoms with E-state index in [0.717, 1.165) is 6.42 Å². The molecule has 13 heavy (non-hydrogen) atoms. The maximum Gasteiger partial charge on any atom is 1.00 e. The van der Waals surface area contributed by atoms with Crippen molar-refractivity contribution in [3.8, 4) is 0 Å². The molecule has 1 aliphatic carbocycles. The molecule has 0 saturated heterocycles. The van der Waals surface area contributed by atoms with Gasteiger partial charge in [0.1, 0.15) is 0 Å². The molecule has 0 radical (unpaired) electrons. The molecule has 0 amide bonds. The van der Waals surface area contributed by atoms with Crippen molar-refractivity contribution < 1.29 is 51.4 Å². The van der Waals surface area contributed by atoms with Gasteiger partial charge in [0.2, 0.25) is 0 Å². The Bertz CT molecular complexity index is 298. The SMILES string of the molecule is C1=CC[C-](c2ccccc2)C=C1.[K+]. The predicted molar refractivity (Wildman–Crippen MR) is 51.7 cm³/mol. The third-order valence-electron chi connectivity index (χ3n) is 2.03. The summed E-state index contributed by atoms with van der Waals surface area (Å²) in [4.78, 5) is 0. The molecule has 0 aromatic heterocycles. The molecular weight excluding hydrogens is 183 g/mol. The summed E-state index contributed by atoms with van der Waals surface area (Å²) in [7, 11) is 0. The van der Waals surface area contributed by atoms with Crippen LogP contribution in [0.4, 0.5) is 0 Å². The fourth-order valence-electron chi connectivity index (χ4n) is 1.38. The van der Waals surface area contributed by atoms with Crippen molar-refractivity contribution >= 4 is 0 Å². The van der Waals surface area contributed by atoms with Crippen LogP contribution in [0.25, 0.3) is 0 Å². The summed E-state index contributed by atoms with van der Waals surface area (Å²) in [5.74, 6) is 1.40. The fraction of sp³-hybridized carbons (Fsp3) is 0.0833. The Labute approximate surface area is 122 Å². The third kappa shape index (κ3) is 3.11. The topological polar surface area (TPSA) is 0 Å². The second kappa shape index (κ2) is 5.84. The average molecular weight is 194 g/mol. The van der Waals surface area contributed by atoms with E-state index in [2.05, 4.69) is 48.6 Å². The van der Waals surface area contributed by atoms with E-state index < -0.39 is 0 Å². The van der Waals surface area contributed by atoms with Crippen LogP contribution in [-0.2, 0) is 0 Å². The Morgan fingerprint density at radius 1 is 1.00 bits per heavy atom. The van der Waals surface area contributed by atoms with E-state index >= 15 is 0 Å². The van der Waals surface area contributed by atoms with E-state index in [1.165, 1.54) is 11.5 Å². The summed E-state index contributed by atoms with van der Waals surface area (Å²) in [5.41, 5.74) is 1.33. The van der Waals surface area contributed by atoms with Crippen LogP contribution in [0.2, 0.25) is 0 Å². The summed E-state index contributed by atoms with van der Waals surface area (Å²) in [6.45, 7) is 0. The maximum absolute atomic E-state index is 2.18. The average Bonchev–Trinajstić information content (AvgIpc) is 2.21. The van der Waals surface area contributed by atoms with Crippen LogP contribution in [-0.4, -0.2) is 0 Å². The number of benzene rings is 1. The fourth-order valence-corrected chi connectivity index (χ4v) is 1.38. The molecule has 0 N–H and O–H groups in total. The van der Waals surface area contributed by atoms with Gasteiger partial charge in [0.25, 0.3) is 0 Å². The van der Waals surface area contributed by atoms with Gasteiger partial charge in [-0.05, 0) is 6.42 Å². The zero-order chi connectivity index (χ0) is 8.23. The van der Waals surface area contributed by atoms with E-state index in [4.69, 9.17) is 0 Å². The van der Waals surface area contributed by atoms with Crippen molar-refractivity contribution in [1.29, 1.82) is 0 Å². The van der Waals surface area contributed by atoms with Gasteiger partial charge in [0, 0.05) is 0 Å². The largest absolute Gasteiger partial charge is 1.00 e. The Hall–Kier alpha value is 0.206. The Kier molecular flexibility index (Phi) is 5.07. The van der Waals surface area contributed by atoms with Crippen LogP contribution in [0.5, 0.6) is 0 Å². The van der Waals surface area contributed by atoms with Crippen molar-refractivity contribution in [2.24, 2.45) is 0 Å². The molecule has 2 rings (SSSR count). The summed E-state index contributed by atoms with van der Waals surface area (Å²) < 4.78 is 0. The molecule has 0 bridgehead atoms. The molecule has 1 aliphatic rings. The van der Waals surface area contributed by atoms with Gasteiger partial charge < -0.3 is 0 Å². The van der Waals surface area contributed by atoms with Crippen LogP contribution in [0.3, 0.4) is 0 Å². The summed E-state index contributed by atoms with van der Waals surface area (Å²) in [5, 5.41) is 0. The van der Waals surface area contributed by atoms with E-state index in [1.54, 1.807) is 0 Å². The minimum atomic E-state index is 0. The molecule has 60 valence electrons. The van der Waals surface area contributed by atoms with Crippen molar-refractivity contribution in [2.45, 2.75) is 6.42 Å². The summed E-state index contributed by atoms with van der Waals surface area (Å²) in [6, 6.07) is 10.5. The smallest absolute Gasteiger partial charge is 0.145 e. The van der Waals surface area contributed by atoms with Crippen LogP contribution in [0.15, 0.2) is 54.6 Å². The molecular formula is C12H11K. The number of hydrogen-bond acceptors (Lipinski definition) is 0. The standard InChI is InChI=1S/C12H11.K/c1-3-7-11(8-4-1)12-9-5-2-6-10-12;/h1-9H,10H2;/q-1;+1. The van der Waals surface area contributed by atoms with Crippen LogP contribution in [0, 0.1) is 5.92 Å². The first-order valence-electron chi connectivity index (χ1n) is 4.21. The Morgan fingerprint density at radius 2 is 1.77 bits per heavy atom. The zero-order valence-electron chi connectivity index (χ0n) is 7.90. The maximum atomic E-state index is 2.18. The van der Waals surface area contributed by atoms with Gasteiger partial charge in [-0.15, -0.1) is 54.0 Å². The second-order valence-electron chi connectivity index (χ2n) is 2.88. The van der Waals surface area contributed by atoms with E-state index in [9.17, 15) is 0 Å². The second-order valence-corrected chi connectivity index (χ2v) is 2.88. The van der Waals surface area contributed by atoms with Gasteiger partial charge in [-0.1, -0.05) is 12.1 Å². The van der Waals surface area contributed by atoms with E-state index in [-0.39, 0.29) is 51.4 Å². The molecule has 0 spiro atoms. The van der Waals surface area contributed by atoms with Crippen molar-refractivity contribution in [2.75, 3.05) is 0 Å². The summed E-state index contributed by atoms with van der Waals surface area (Å²) >= 11 is 0. The van der Waals surface area contributed by atoms with Gasteiger partial charge in [-0.25, -0.2) is 0 Å². The van der Waals surface area contributed by atoms with Crippen molar-refractivity contribution in [3.63, 3.8) is 0 Å². The first-order chi connectivity index (χ1) is 5.97. The first-order valence-corrected chi connectivity index (χ1v) is 4.21. The Morgan fingerprint density at radius 3 is 2.38 bits per heavy atom. The normalized spacial score (nSPS) is 14.0. The number of rotatable bonds is 1. The van der Waals surface area contributed by atoms with Crippen LogP contribution >= 0.6 is 0 Å². The molecule has 0 saturated carbocycles. The molecule has 0 nitrogen and oxygen atoms in total. The number of hydrogen-bond donors (Lipinski definition) is 0. The quantitative estimate of drug-likeness (QED) is 0.440. The molecule has 1 heteroatoms. The van der Waals surface area contributed by atoms with Gasteiger partial charge >= 0.3 is 51.4 Å². The molecule has 0 heterocycles. The minimum absolute atomic E-state index is 0. The zero-order valence-corrected chi connectivity index (χ0v) is 11.0. The first kappa shape index (κ1) is 11.3. The summed E-state index contributed by atoms with van der Waals surface area (Å²) in [6.07, 6.45) is 9.59. The molecule has 0 aliphatic heterocycles. The van der Waals surface area contributed by atoms with Crippen LogP contribution < -0.4 is 51.4 Å². The molecule has 1 aromatic rings. The molecule has 0 atom stereocenters. The van der Waals surface area contributed by atoms with Crippen molar-refractivity contribution in [1.82, 2.24) is 0 Å². The third-order valence-corrected chi connectivity index (χ3v) is 2.03. The predicted octanol–water partition coefficient (Wildman–Crippen LogP) is 0.129. The van der Waals surface area contributed by atoms with Crippen LogP contribution in [0.1, 0.15) is 12.0 Å². The minimum Gasteiger partial charge on any atom is -0.145 e. The van der Waals surface area contributed by atoms with Gasteiger partial charge in [0.15, 0.2) is 0 Å². The molecule has 0 fully saturated rings.